The molecule has 94 valence electrons. The fraction of sp³-hybridized carbons (Fsp3) is 0.300. The summed E-state index contributed by atoms with van der Waals surface area (Å²) in [4.78, 5) is 11.8. The predicted molar refractivity (Wildman–Crippen MR) is 66.1 cm³/mol. The number of halogens is 1. The summed E-state index contributed by atoms with van der Waals surface area (Å²) in [5.74, 6) is -0.699. The zero-order valence-corrected chi connectivity index (χ0v) is 11.0. The maximum Gasteiger partial charge on any atom is 0.366 e. The Bertz CT molecular complexity index is 414. The molecule has 0 aliphatic carbocycles. The number of quaternary nitrogens is 1. The van der Waals surface area contributed by atoms with Gasteiger partial charge in [-0.3, -0.25) is 4.18 Å². The van der Waals surface area contributed by atoms with E-state index in [1.54, 1.807) is 30.3 Å². The van der Waals surface area contributed by atoms with Gasteiger partial charge in [0.05, 0.1) is 7.11 Å². The highest BCUT2D eigenvalue weighted by Crippen LogP contribution is 2.23. The molecule has 17 heavy (non-hydrogen) atoms. The van der Waals surface area contributed by atoms with Crippen molar-refractivity contribution in [3.8, 4) is 0 Å². The highest BCUT2D eigenvalue weighted by molar-refractivity contribution is 7.75. The Balaban J connectivity index is 3.11. The van der Waals surface area contributed by atoms with Crippen LogP contribution in [0.15, 0.2) is 30.3 Å². The van der Waals surface area contributed by atoms with E-state index in [2.05, 4.69) is 4.18 Å². The van der Waals surface area contributed by atoms with Gasteiger partial charge >= 0.3 is 17.3 Å². The minimum absolute atomic E-state index is 0.258. The lowest BCUT2D eigenvalue weighted by Crippen LogP contribution is -2.51. The van der Waals surface area contributed by atoms with Crippen molar-refractivity contribution in [2.45, 2.75) is 0 Å². The van der Waals surface area contributed by atoms with Gasteiger partial charge in [-0.05, 0) is 0 Å². The van der Waals surface area contributed by atoms with Gasteiger partial charge in [-0.2, -0.15) is 4.21 Å². The van der Waals surface area contributed by atoms with Gasteiger partial charge in [0, 0.05) is 12.1 Å². The topological polar surface area (TPSA) is 52.6 Å². The molecule has 0 aromatic heterocycles. The third-order valence-corrected chi connectivity index (χ3v) is 3.11. The van der Waals surface area contributed by atoms with E-state index in [0.29, 0.717) is 5.69 Å². The Morgan fingerprint density at radius 3 is 2.47 bits per heavy atom. The Kier molecular flexibility index (Phi) is 5.23. The van der Waals surface area contributed by atoms with E-state index in [0.717, 1.165) is 0 Å². The molecule has 0 N–H and O–H groups in total. The fourth-order valence-electron chi connectivity index (χ4n) is 1.21. The molecule has 0 radical (unpaired) electrons. The molecule has 1 aromatic carbocycles. The first-order valence-electron chi connectivity index (χ1n) is 4.72. The average molecular weight is 279 g/mol. The molecule has 0 aliphatic rings. The molecule has 2 unspecified atom stereocenters. The lowest BCUT2D eigenvalue weighted by molar-refractivity contribution is -0.146. The summed E-state index contributed by atoms with van der Waals surface area (Å²) in [5, 5.41) is 0. The third-order valence-electron chi connectivity index (χ3n) is 2.19. The van der Waals surface area contributed by atoms with Gasteiger partial charge in [0.1, 0.15) is 12.9 Å². The minimum atomic E-state index is -2.03. The molecule has 7 heteroatoms. The third kappa shape index (κ3) is 3.34. The van der Waals surface area contributed by atoms with Crippen LogP contribution in [-0.2, 0) is 24.6 Å². The predicted octanol–water partition coefficient (Wildman–Crippen LogP) is 1.55. The van der Waals surface area contributed by atoms with Crippen LogP contribution in [0.4, 0.5) is 5.69 Å². The minimum Gasteiger partial charge on any atom is -0.268 e. The lowest BCUT2D eigenvalue weighted by Gasteiger charge is -2.25. The number of rotatable bonds is 5. The summed E-state index contributed by atoms with van der Waals surface area (Å²) in [6.45, 7) is 0. The summed E-state index contributed by atoms with van der Waals surface area (Å²) in [6.07, 6.45) is 0. The van der Waals surface area contributed by atoms with E-state index in [9.17, 15) is 9.00 Å². The van der Waals surface area contributed by atoms with Crippen molar-refractivity contribution in [3.05, 3.63) is 30.3 Å². The van der Waals surface area contributed by atoms with Gasteiger partial charge < -0.3 is 0 Å². The quantitative estimate of drug-likeness (QED) is 0.466. The highest BCUT2D eigenvalue weighted by atomic mass is 35.5. The molecular weight excluding hydrogens is 266 g/mol. The Morgan fingerprint density at radius 2 is 2.00 bits per heavy atom. The van der Waals surface area contributed by atoms with Gasteiger partial charge in [0.25, 0.3) is 0 Å². The Labute approximate surface area is 107 Å². The molecule has 0 bridgehead atoms. The van der Waals surface area contributed by atoms with Crippen LogP contribution in [0.1, 0.15) is 0 Å². The van der Waals surface area contributed by atoms with Crippen LogP contribution in [0.2, 0.25) is 0 Å². The van der Waals surface area contributed by atoms with Crippen molar-refractivity contribution in [3.63, 3.8) is 0 Å². The van der Waals surface area contributed by atoms with Crippen molar-refractivity contribution in [1.29, 1.82) is 0 Å². The second-order valence-electron chi connectivity index (χ2n) is 3.23. The molecule has 0 spiro atoms. The van der Waals surface area contributed by atoms with E-state index >= 15 is 0 Å². The van der Waals surface area contributed by atoms with Crippen LogP contribution >= 0.6 is 11.6 Å². The molecule has 0 saturated carbocycles. The molecule has 1 amide bonds. The van der Waals surface area contributed by atoms with Gasteiger partial charge in [-0.25, -0.2) is 4.79 Å². The fourth-order valence-corrected chi connectivity index (χ4v) is 1.91. The Morgan fingerprint density at radius 1 is 1.41 bits per heavy atom. The molecular formula is C10H13ClNO4S+. The maximum atomic E-state index is 11.8. The van der Waals surface area contributed by atoms with Crippen molar-refractivity contribution in [2.75, 3.05) is 20.0 Å². The number of hydrogen-bond acceptors (Lipinski definition) is 4. The zero-order valence-electron chi connectivity index (χ0n) is 9.46. The van der Waals surface area contributed by atoms with Crippen LogP contribution in [-0.4, -0.2) is 30.2 Å². The first-order chi connectivity index (χ1) is 8.04. The first-order valence-corrected chi connectivity index (χ1v) is 6.26. The molecule has 5 nitrogen and oxygen atoms in total. The Hall–Kier alpha value is -0.790. The molecule has 2 atom stereocenters. The first kappa shape index (κ1) is 14.3. The average Bonchev–Trinajstić information content (AvgIpc) is 2.38. The van der Waals surface area contributed by atoms with Crippen LogP contribution in [0.3, 0.4) is 0 Å². The number of amides is 1. The maximum absolute atomic E-state index is 11.8. The SMILES string of the molecule is COS(=O)O[N+](C)(C(=O)CCl)c1ccccc1. The number of hydrogen-bond donors (Lipinski definition) is 0. The van der Waals surface area contributed by atoms with Crippen LogP contribution in [0.25, 0.3) is 0 Å². The smallest absolute Gasteiger partial charge is 0.268 e. The van der Waals surface area contributed by atoms with Gasteiger partial charge in [0.15, 0.2) is 5.69 Å². The van der Waals surface area contributed by atoms with Crippen molar-refractivity contribution in [2.24, 2.45) is 0 Å². The summed E-state index contributed by atoms with van der Waals surface area (Å²) in [7, 11) is 2.67. The summed E-state index contributed by atoms with van der Waals surface area (Å²) in [6, 6.07) is 8.64. The molecule has 0 aliphatic heterocycles. The van der Waals surface area contributed by atoms with Crippen molar-refractivity contribution < 1.29 is 17.5 Å². The van der Waals surface area contributed by atoms with Crippen LogP contribution in [0.5, 0.6) is 0 Å². The molecule has 0 saturated heterocycles. The largest absolute Gasteiger partial charge is 0.366 e. The summed E-state index contributed by atoms with van der Waals surface area (Å²) < 4.78 is 20.2. The molecule has 0 heterocycles. The number of carbonyl (C=O) groups excluding carboxylic acids is 1. The summed E-state index contributed by atoms with van der Waals surface area (Å²) >= 11 is 3.50. The monoisotopic (exact) mass is 278 g/mol. The van der Waals surface area contributed by atoms with Gasteiger partial charge in [-0.1, -0.05) is 27.1 Å². The van der Waals surface area contributed by atoms with E-state index in [1.807, 2.05) is 0 Å². The number of hydroxylamine groups is 2. The van der Waals surface area contributed by atoms with Crippen LogP contribution in [0, 0.1) is 0 Å². The zero-order chi connectivity index (χ0) is 12.9. The van der Waals surface area contributed by atoms with E-state index in [4.69, 9.17) is 15.9 Å². The number of benzene rings is 1. The standard InChI is InChI=1S/C10H13ClNO4S/c1-12(10(13)8-11,16-17(14)15-2)9-6-4-3-5-7-9/h3-7H,8H2,1-2H3/q+1. The molecule has 0 fully saturated rings. The normalized spacial score (nSPS) is 16.2. The number of nitrogens with zero attached hydrogens (tertiary/aromatic N) is 1. The van der Waals surface area contributed by atoms with E-state index in [-0.39, 0.29) is 5.88 Å². The molecule has 1 rings (SSSR count). The van der Waals surface area contributed by atoms with Gasteiger partial charge in [0.2, 0.25) is 0 Å². The van der Waals surface area contributed by atoms with Crippen LogP contribution < -0.4 is 4.65 Å². The number of alkyl halides is 1. The van der Waals surface area contributed by atoms with E-state index < -0.39 is 21.9 Å². The van der Waals surface area contributed by atoms with Crippen molar-refractivity contribution in [1.82, 2.24) is 4.65 Å². The number of carbonyl (C=O) groups is 1. The molecule has 1 aromatic rings. The number of para-hydroxylation sites is 1. The second-order valence-corrected chi connectivity index (χ2v) is 4.39. The van der Waals surface area contributed by atoms with E-state index in [1.165, 1.54) is 14.2 Å². The van der Waals surface area contributed by atoms with Gasteiger partial charge in [-0.15, -0.1) is 11.6 Å². The highest BCUT2D eigenvalue weighted by Gasteiger charge is 2.39. The second kappa shape index (κ2) is 6.23. The lowest BCUT2D eigenvalue weighted by atomic mass is 10.3. The van der Waals surface area contributed by atoms with Crippen molar-refractivity contribution >= 4 is 34.6 Å². The summed E-state index contributed by atoms with van der Waals surface area (Å²) in [5.41, 5.74) is 0.517.